The number of carbonyl (C=O) groups is 1. The topological polar surface area (TPSA) is 20.3 Å². The monoisotopic (exact) mass is 371 g/mol. The summed E-state index contributed by atoms with van der Waals surface area (Å²) >= 11 is 0. The first-order valence-electron chi connectivity index (χ1n) is 10.1. The fourth-order valence-corrected chi connectivity index (χ4v) is 3.52. The summed E-state index contributed by atoms with van der Waals surface area (Å²) in [5, 5.41) is 0. The molecule has 144 valence electrons. The fraction of sp³-hybridized carbons (Fsp3) is 0.269. The number of hydrogen-bond donors (Lipinski definition) is 0. The predicted octanol–water partition coefficient (Wildman–Crippen LogP) is 5.53. The summed E-state index contributed by atoms with van der Waals surface area (Å²) in [7, 11) is 0. The molecule has 0 unspecified atom stereocenters. The third-order valence-corrected chi connectivity index (χ3v) is 5.08. The molecule has 0 spiro atoms. The van der Waals surface area contributed by atoms with E-state index in [1.54, 1.807) is 0 Å². The van der Waals surface area contributed by atoms with Crippen LogP contribution in [0.2, 0.25) is 0 Å². The summed E-state index contributed by atoms with van der Waals surface area (Å²) in [4.78, 5) is 15.1. The molecular formula is C26H29NO. The van der Waals surface area contributed by atoms with Crippen molar-refractivity contribution in [2.45, 2.75) is 32.9 Å². The lowest BCUT2D eigenvalue weighted by atomic mass is 9.98. The lowest BCUT2D eigenvalue weighted by molar-refractivity contribution is -0.123. The zero-order valence-electron chi connectivity index (χ0n) is 16.6. The van der Waals surface area contributed by atoms with Gasteiger partial charge >= 0.3 is 0 Å². The molecule has 0 aromatic heterocycles. The number of Topliss-reactive ketones (excluding diaryl/α,β-unsaturated/α-hetero) is 1. The standard InChI is InChI=1S/C26H29NO/c1-22(26(28)18-17-23-11-5-2-6-12-23)19-27(20-24-13-7-3-8-14-24)21-25-15-9-4-10-16-25/h2-16,22H,17-21H2,1H3/t22-/m1/s1. The van der Waals surface area contributed by atoms with Gasteiger partial charge in [-0.3, -0.25) is 9.69 Å². The molecule has 3 rings (SSSR count). The molecule has 0 amide bonds. The number of ketones is 1. The van der Waals surface area contributed by atoms with Crippen LogP contribution < -0.4 is 0 Å². The summed E-state index contributed by atoms with van der Waals surface area (Å²) in [6.45, 7) is 4.55. The van der Waals surface area contributed by atoms with Crippen LogP contribution in [0.15, 0.2) is 91.0 Å². The summed E-state index contributed by atoms with van der Waals surface area (Å²) in [6.07, 6.45) is 1.43. The molecule has 2 heteroatoms. The number of nitrogens with zero attached hydrogens (tertiary/aromatic N) is 1. The van der Waals surface area contributed by atoms with E-state index in [0.717, 1.165) is 26.1 Å². The predicted molar refractivity (Wildman–Crippen MR) is 116 cm³/mol. The Hall–Kier alpha value is -2.71. The number of hydrogen-bond acceptors (Lipinski definition) is 2. The van der Waals surface area contributed by atoms with Crippen molar-refractivity contribution in [3.63, 3.8) is 0 Å². The molecule has 0 aliphatic heterocycles. The summed E-state index contributed by atoms with van der Waals surface area (Å²) < 4.78 is 0. The van der Waals surface area contributed by atoms with Gasteiger partial charge in [0.1, 0.15) is 5.78 Å². The summed E-state index contributed by atoms with van der Waals surface area (Å²) in [6, 6.07) is 31.3. The van der Waals surface area contributed by atoms with Gasteiger partial charge in [-0.05, 0) is 23.1 Å². The molecular weight excluding hydrogens is 342 g/mol. The van der Waals surface area contributed by atoms with Crippen LogP contribution in [0.25, 0.3) is 0 Å². The molecule has 1 atom stereocenters. The third kappa shape index (κ3) is 6.47. The van der Waals surface area contributed by atoms with Gasteiger partial charge in [-0.25, -0.2) is 0 Å². The van der Waals surface area contributed by atoms with Gasteiger partial charge in [0, 0.05) is 32.0 Å². The van der Waals surface area contributed by atoms with Crippen molar-refractivity contribution in [1.82, 2.24) is 4.90 Å². The van der Waals surface area contributed by atoms with Crippen molar-refractivity contribution in [2.75, 3.05) is 6.54 Å². The normalized spacial score (nSPS) is 12.1. The second-order valence-corrected chi connectivity index (χ2v) is 7.49. The van der Waals surface area contributed by atoms with Gasteiger partial charge in [-0.2, -0.15) is 0 Å². The van der Waals surface area contributed by atoms with E-state index in [1.807, 2.05) is 30.3 Å². The van der Waals surface area contributed by atoms with E-state index in [2.05, 4.69) is 72.5 Å². The van der Waals surface area contributed by atoms with E-state index >= 15 is 0 Å². The molecule has 0 saturated carbocycles. The smallest absolute Gasteiger partial charge is 0.137 e. The quantitative estimate of drug-likeness (QED) is 0.467. The summed E-state index contributed by atoms with van der Waals surface area (Å²) in [5.41, 5.74) is 3.79. The Balaban J connectivity index is 1.61. The largest absolute Gasteiger partial charge is 0.299 e. The first-order valence-corrected chi connectivity index (χ1v) is 10.1. The van der Waals surface area contributed by atoms with E-state index in [9.17, 15) is 4.79 Å². The fourth-order valence-electron chi connectivity index (χ4n) is 3.52. The zero-order chi connectivity index (χ0) is 19.6. The Morgan fingerprint density at radius 1 is 0.714 bits per heavy atom. The number of carbonyl (C=O) groups excluding carboxylic acids is 1. The van der Waals surface area contributed by atoms with Gasteiger partial charge in [0.25, 0.3) is 0 Å². The first-order chi connectivity index (χ1) is 13.7. The maximum absolute atomic E-state index is 12.7. The molecule has 3 aromatic carbocycles. The molecule has 28 heavy (non-hydrogen) atoms. The van der Waals surface area contributed by atoms with Gasteiger partial charge in [0.15, 0.2) is 0 Å². The second kappa shape index (κ2) is 10.6. The molecule has 3 aromatic rings. The minimum Gasteiger partial charge on any atom is -0.299 e. The highest BCUT2D eigenvalue weighted by atomic mass is 16.1. The Kier molecular flexibility index (Phi) is 7.57. The van der Waals surface area contributed by atoms with Crippen LogP contribution >= 0.6 is 0 Å². The van der Waals surface area contributed by atoms with E-state index in [4.69, 9.17) is 0 Å². The molecule has 0 heterocycles. The lowest BCUT2D eigenvalue weighted by Gasteiger charge is -2.25. The Bertz CT molecular complexity index is 789. The zero-order valence-corrected chi connectivity index (χ0v) is 16.6. The average molecular weight is 372 g/mol. The van der Waals surface area contributed by atoms with Gasteiger partial charge in [-0.15, -0.1) is 0 Å². The molecule has 0 aliphatic carbocycles. The molecule has 0 bridgehead atoms. The Morgan fingerprint density at radius 3 is 1.61 bits per heavy atom. The van der Waals surface area contributed by atoms with Gasteiger partial charge in [0.05, 0.1) is 0 Å². The van der Waals surface area contributed by atoms with Crippen LogP contribution in [0, 0.1) is 5.92 Å². The molecule has 0 saturated heterocycles. The Labute approximate surface area is 168 Å². The molecule has 0 N–H and O–H groups in total. The first kappa shape index (κ1) is 20.0. The van der Waals surface area contributed by atoms with Crippen molar-refractivity contribution >= 4 is 5.78 Å². The van der Waals surface area contributed by atoms with Crippen LogP contribution in [0.3, 0.4) is 0 Å². The van der Waals surface area contributed by atoms with Crippen LogP contribution in [-0.4, -0.2) is 17.2 Å². The minimum atomic E-state index is 0.0242. The second-order valence-electron chi connectivity index (χ2n) is 7.49. The highest BCUT2D eigenvalue weighted by Crippen LogP contribution is 2.15. The van der Waals surface area contributed by atoms with Crippen LogP contribution in [0.1, 0.15) is 30.0 Å². The SMILES string of the molecule is C[C@H](CN(Cc1ccccc1)Cc1ccccc1)C(=O)CCc1ccccc1. The maximum Gasteiger partial charge on any atom is 0.137 e. The van der Waals surface area contributed by atoms with Gasteiger partial charge in [-0.1, -0.05) is 97.9 Å². The van der Waals surface area contributed by atoms with Crippen molar-refractivity contribution in [3.8, 4) is 0 Å². The van der Waals surface area contributed by atoms with Crippen molar-refractivity contribution in [2.24, 2.45) is 5.92 Å². The third-order valence-electron chi connectivity index (χ3n) is 5.08. The van der Waals surface area contributed by atoms with Crippen molar-refractivity contribution in [1.29, 1.82) is 0 Å². The molecule has 0 radical (unpaired) electrons. The Morgan fingerprint density at radius 2 is 1.14 bits per heavy atom. The lowest BCUT2D eigenvalue weighted by Crippen LogP contribution is -2.31. The van der Waals surface area contributed by atoms with Crippen molar-refractivity contribution in [3.05, 3.63) is 108 Å². The maximum atomic E-state index is 12.7. The van der Waals surface area contributed by atoms with Gasteiger partial charge < -0.3 is 0 Å². The number of rotatable bonds is 10. The molecule has 0 aliphatic rings. The van der Waals surface area contributed by atoms with Crippen LogP contribution in [-0.2, 0) is 24.3 Å². The van der Waals surface area contributed by atoms with E-state index < -0.39 is 0 Å². The average Bonchev–Trinajstić information content (AvgIpc) is 2.74. The minimum absolute atomic E-state index is 0.0242. The van der Waals surface area contributed by atoms with E-state index in [0.29, 0.717) is 12.2 Å². The number of benzene rings is 3. The highest BCUT2D eigenvalue weighted by molar-refractivity contribution is 5.81. The van der Waals surface area contributed by atoms with Crippen LogP contribution in [0.4, 0.5) is 0 Å². The van der Waals surface area contributed by atoms with E-state index in [-0.39, 0.29) is 5.92 Å². The molecule has 2 nitrogen and oxygen atoms in total. The van der Waals surface area contributed by atoms with Crippen molar-refractivity contribution < 1.29 is 4.79 Å². The van der Waals surface area contributed by atoms with Crippen LogP contribution in [0.5, 0.6) is 0 Å². The van der Waals surface area contributed by atoms with E-state index in [1.165, 1.54) is 16.7 Å². The molecule has 0 fully saturated rings. The summed E-state index contributed by atoms with van der Waals surface area (Å²) in [5.74, 6) is 0.367. The highest BCUT2D eigenvalue weighted by Gasteiger charge is 2.17. The number of aryl methyl sites for hydroxylation is 1. The van der Waals surface area contributed by atoms with Gasteiger partial charge in [0.2, 0.25) is 0 Å².